The zero-order chi connectivity index (χ0) is 7.78. The molecule has 1 aliphatic rings. The lowest BCUT2D eigenvalue weighted by Gasteiger charge is -2.06. The van der Waals surface area contributed by atoms with Gasteiger partial charge in [0.15, 0.2) is 0 Å². The van der Waals surface area contributed by atoms with Crippen LogP contribution >= 0.6 is 7.37 Å². The molecule has 0 saturated carbocycles. The van der Waals surface area contributed by atoms with Gasteiger partial charge in [-0.2, -0.15) is 0 Å². The van der Waals surface area contributed by atoms with Crippen LogP contribution in [0.15, 0.2) is 11.4 Å². The zero-order valence-corrected chi connectivity index (χ0v) is 7.52. The lowest BCUT2D eigenvalue weighted by molar-refractivity contribution is 0.401. The first-order valence-corrected chi connectivity index (χ1v) is 5.29. The van der Waals surface area contributed by atoms with Crippen LogP contribution in [0.5, 0.6) is 0 Å². The highest BCUT2D eigenvalue weighted by Crippen LogP contribution is 2.56. The highest BCUT2D eigenvalue weighted by molar-refractivity contribution is 7.62. The quantitative estimate of drug-likeness (QED) is 0.551. The van der Waals surface area contributed by atoms with E-state index in [1.165, 1.54) is 12.7 Å². The van der Waals surface area contributed by atoms with Crippen molar-refractivity contribution in [2.75, 3.05) is 13.3 Å². The third kappa shape index (κ3) is 1.33. The van der Waals surface area contributed by atoms with E-state index in [2.05, 4.69) is 6.92 Å². The van der Waals surface area contributed by atoms with E-state index in [-0.39, 0.29) is 0 Å². The van der Waals surface area contributed by atoms with Crippen LogP contribution in [0.2, 0.25) is 0 Å². The van der Waals surface area contributed by atoms with Crippen LogP contribution in [-0.2, 0) is 9.09 Å². The molecule has 0 radical (unpaired) electrons. The minimum atomic E-state index is -2.33. The van der Waals surface area contributed by atoms with Crippen molar-refractivity contribution < 1.29 is 9.09 Å². The minimum absolute atomic E-state index is 0.436. The first kappa shape index (κ1) is 8.03. The second-order valence-corrected chi connectivity index (χ2v) is 5.31. The third-order valence-electron chi connectivity index (χ3n) is 2.02. The summed E-state index contributed by atoms with van der Waals surface area (Å²) >= 11 is 0. The molecule has 0 spiro atoms. The maximum Gasteiger partial charge on any atom is 0.225 e. The minimum Gasteiger partial charge on any atom is -0.329 e. The Kier molecular flexibility index (Phi) is 2.02. The molecule has 0 aromatic rings. The SMILES string of the molecule is COP1(=O)C=C(C)C(C)C1. The standard InChI is InChI=1S/C7H13O2P/c1-6-4-10(8,9-3)5-7(6)2/h4,7H,5H2,1-3H3. The van der Waals surface area contributed by atoms with Crippen LogP contribution in [0.3, 0.4) is 0 Å². The summed E-state index contributed by atoms with van der Waals surface area (Å²) in [7, 11) is -0.809. The Morgan fingerprint density at radius 1 is 1.80 bits per heavy atom. The summed E-state index contributed by atoms with van der Waals surface area (Å²) in [6.45, 7) is 4.08. The molecule has 1 rings (SSSR count). The average Bonchev–Trinajstić information content (AvgIpc) is 2.10. The molecule has 1 aliphatic heterocycles. The van der Waals surface area contributed by atoms with Crippen LogP contribution < -0.4 is 0 Å². The zero-order valence-electron chi connectivity index (χ0n) is 6.63. The molecule has 0 fully saturated rings. The summed E-state index contributed by atoms with van der Waals surface area (Å²) in [6.07, 6.45) is 0.690. The first-order valence-electron chi connectivity index (χ1n) is 3.41. The van der Waals surface area contributed by atoms with E-state index in [9.17, 15) is 4.57 Å². The van der Waals surface area contributed by atoms with Gasteiger partial charge in [-0.3, -0.25) is 4.57 Å². The van der Waals surface area contributed by atoms with Crippen molar-refractivity contribution >= 4 is 7.37 Å². The number of allylic oxidation sites excluding steroid dienone is 1. The monoisotopic (exact) mass is 160 g/mol. The molecule has 2 unspecified atom stereocenters. The Labute approximate surface area is 61.7 Å². The molecule has 0 aromatic heterocycles. The van der Waals surface area contributed by atoms with Gasteiger partial charge < -0.3 is 4.52 Å². The number of rotatable bonds is 1. The van der Waals surface area contributed by atoms with Gasteiger partial charge in [0.05, 0.1) is 0 Å². The smallest absolute Gasteiger partial charge is 0.225 e. The lowest BCUT2D eigenvalue weighted by atomic mass is 10.1. The van der Waals surface area contributed by atoms with Crippen LogP contribution in [-0.4, -0.2) is 13.3 Å². The van der Waals surface area contributed by atoms with Crippen molar-refractivity contribution in [2.24, 2.45) is 5.92 Å². The first-order chi connectivity index (χ1) is 4.57. The van der Waals surface area contributed by atoms with Crippen molar-refractivity contribution in [3.63, 3.8) is 0 Å². The van der Waals surface area contributed by atoms with Gasteiger partial charge in [0.2, 0.25) is 7.37 Å². The van der Waals surface area contributed by atoms with E-state index in [0.717, 1.165) is 0 Å². The van der Waals surface area contributed by atoms with Gasteiger partial charge in [-0.1, -0.05) is 12.5 Å². The Morgan fingerprint density at radius 2 is 2.40 bits per heavy atom. The van der Waals surface area contributed by atoms with Crippen LogP contribution in [0.1, 0.15) is 13.8 Å². The van der Waals surface area contributed by atoms with Crippen LogP contribution in [0.4, 0.5) is 0 Å². The molecule has 0 aromatic carbocycles. The molecule has 3 heteroatoms. The summed E-state index contributed by atoms with van der Waals surface area (Å²) < 4.78 is 16.4. The highest BCUT2D eigenvalue weighted by atomic mass is 31.2. The fraction of sp³-hybridized carbons (Fsp3) is 0.714. The Bertz CT molecular complexity index is 208. The predicted octanol–water partition coefficient (Wildman–Crippen LogP) is 2.46. The van der Waals surface area contributed by atoms with Gasteiger partial charge in [-0.15, -0.1) is 0 Å². The van der Waals surface area contributed by atoms with Gasteiger partial charge in [-0.25, -0.2) is 0 Å². The third-order valence-corrected chi connectivity index (χ3v) is 4.49. The van der Waals surface area contributed by atoms with E-state index in [4.69, 9.17) is 4.52 Å². The summed E-state index contributed by atoms with van der Waals surface area (Å²) in [5.74, 6) is 2.23. The van der Waals surface area contributed by atoms with Crippen LogP contribution in [0.25, 0.3) is 0 Å². The fourth-order valence-corrected chi connectivity index (χ4v) is 3.43. The summed E-state index contributed by atoms with van der Waals surface area (Å²) in [4.78, 5) is 0. The molecule has 58 valence electrons. The average molecular weight is 160 g/mol. The summed E-state index contributed by atoms with van der Waals surface area (Å²) in [5, 5.41) is 0. The van der Waals surface area contributed by atoms with Crippen molar-refractivity contribution in [1.29, 1.82) is 0 Å². The van der Waals surface area contributed by atoms with E-state index in [0.29, 0.717) is 12.1 Å². The topological polar surface area (TPSA) is 26.3 Å². The number of hydrogen-bond donors (Lipinski definition) is 0. The van der Waals surface area contributed by atoms with Crippen molar-refractivity contribution in [1.82, 2.24) is 0 Å². The maximum absolute atomic E-state index is 11.5. The Morgan fingerprint density at radius 3 is 2.60 bits per heavy atom. The predicted molar refractivity (Wildman–Crippen MR) is 42.4 cm³/mol. The summed E-state index contributed by atoms with van der Waals surface area (Å²) in [6, 6.07) is 0. The fourth-order valence-electron chi connectivity index (χ4n) is 1.14. The second-order valence-electron chi connectivity index (χ2n) is 2.87. The van der Waals surface area contributed by atoms with Gasteiger partial charge in [0.1, 0.15) is 0 Å². The second kappa shape index (κ2) is 2.52. The molecule has 0 N–H and O–H groups in total. The normalized spacial score (nSPS) is 39.9. The molecule has 10 heavy (non-hydrogen) atoms. The molecule has 1 heterocycles. The largest absolute Gasteiger partial charge is 0.329 e. The van der Waals surface area contributed by atoms with Crippen molar-refractivity contribution in [3.05, 3.63) is 11.4 Å². The highest BCUT2D eigenvalue weighted by Gasteiger charge is 2.29. The molecule has 0 bridgehead atoms. The van der Waals surface area contributed by atoms with Gasteiger partial charge in [-0.05, 0) is 18.7 Å². The molecule has 0 saturated heterocycles. The van der Waals surface area contributed by atoms with Gasteiger partial charge in [0.25, 0.3) is 0 Å². The molecule has 0 amide bonds. The van der Waals surface area contributed by atoms with Gasteiger partial charge in [0, 0.05) is 13.3 Å². The molecule has 2 atom stereocenters. The Balaban J connectivity index is 2.83. The van der Waals surface area contributed by atoms with Crippen molar-refractivity contribution in [3.8, 4) is 0 Å². The molecule has 2 nitrogen and oxygen atoms in total. The molecular formula is C7H13O2P. The Hall–Kier alpha value is -0.0700. The number of hydrogen-bond acceptors (Lipinski definition) is 2. The van der Waals surface area contributed by atoms with E-state index in [1.54, 1.807) is 5.82 Å². The summed E-state index contributed by atoms with van der Waals surface area (Å²) in [5.41, 5.74) is 1.20. The van der Waals surface area contributed by atoms with E-state index in [1.807, 2.05) is 6.92 Å². The van der Waals surface area contributed by atoms with Crippen molar-refractivity contribution in [2.45, 2.75) is 13.8 Å². The molecule has 0 aliphatic carbocycles. The van der Waals surface area contributed by atoms with E-state index >= 15 is 0 Å². The van der Waals surface area contributed by atoms with Crippen LogP contribution in [0, 0.1) is 5.92 Å². The van der Waals surface area contributed by atoms with E-state index < -0.39 is 7.37 Å². The van der Waals surface area contributed by atoms with Gasteiger partial charge >= 0.3 is 0 Å². The lowest BCUT2D eigenvalue weighted by Crippen LogP contribution is -1.95. The maximum atomic E-state index is 11.5. The molecular weight excluding hydrogens is 147 g/mol.